The molecule has 0 saturated heterocycles. The zero-order valence-electron chi connectivity index (χ0n) is 16.8. The average Bonchev–Trinajstić information content (AvgIpc) is 2.50. The van der Waals surface area contributed by atoms with Crippen LogP contribution in [0.5, 0.6) is 0 Å². The minimum absolute atomic E-state index is 0.177. The number of alkyl halides is 3. The first-order chi connectivity index (χ1) is 12.4. The topological polar surface area (TPSA) is 70.3 Å². The quantitative estimate of drug-likeness (QED) is 0.162. The Balaban J connectivity index is 0.000000769. The highest BCUT2D eigenvalue weighted by atomic mass is 32.2. The van der Waals surface area contributed by atoms with Crippen LogP contribution in [0.4, 0.5) is 13.2 Å². The molecule has 1 aromatic heterocycles. The number of hydrogen-bond donors (Lipinski definition) is 0. The van der Waals surface area contributed by atoms with Crippen LogP contribution < -0.4 is 4.57 Å². The van der Waals surface area contributed by atoms with Gasteiger partial charge in [0.25, 0.3) is 8.32 Å². The van der Waals surface area contributed by atoms with Crippen LogP contribution in [0.2, 0.25) is 18.1 Å². The molecule has 1 heterocycles. The molecule has 0 saturated carbocycles. The summed E-state index contributed by atoms with van der Waals surface area (Å²) in [7, 11) is -7.93. The fraction of sp³-hybridized carbons (Fsp3) is 0.500. The van der Waals surface area contributed by atoms with Crippen molar-refractivity contribution in [3.63, 3.8) is 0 Å². The van der Waals surface area contributed by atoms with Crippen LogP contribution in [0.25, 0.3) is 5.76 Å². The maximum absolute atomic E-state index is 10.7. The molecular formula is C18H28F3NO4SSi. The molecule has 0 radical (unpaired) electrons. The lowest BCUT2D eigenvalue weighted by Crippen LogP contribution is -2.43. The minimum atomic E-state index is -6.09. The molecular weight excluding hydrogens is 411 g/mol. The molecule has 5 nitrogen and oxygen atoms in total. The molecule has 0 unspecified atom stereocenters. The molecule has 1 rings (SSSR count). The van der Waals surface area contributed by atoms with Crippen LogP contribution in [0, 0.1) is 0 Å². The van der Waals surface area contributed by atoms with E-state index in [1.807, 2.05) is 18.2 Å². The Morgan fingerprint density at radius 2 is 1.79 bits per heavy atom. The highest BCUT2D eigenvalue weighted by Crippen LogP contribution is 2.38. The summed E-state index contributed by atoms with van der Waals surface area (Å²) in [6.07, 6.45) is 4.94. The number of allylic oxidation sites excluding steroid dienone is 1. The fourth-order valence-electron chi connectivity index (χ4n) is 1.67. The van der Waals surface area contributed by atoms with Crippen molar-refractivity contribution < 1.29 is 35.1 Å². The maximum atomic E-state index is 10.7. The Morgan fingerprint density at radius 3 is 2.18 bits per heavy atom. The third kappa shape index (κ3) is 8.15. The summed E-state index contributed by atoms with van der Waals surface area (Å²) in [5.74, 6) is 0.779. The Bertz CT molecular complexity index is 785. The summed E-state index contributed by atoms with van der Waals surface area (Å²) < 4.78 is 67.4. The summed E-state index contributed by atoms with van der Waals surface area (Å²) >= 11 is 0. The van der Waals surface area contributed by atoms with Crippen molar-refractivity contribution in [2.75, 3.05) is 0 Å². The minimum Gasteiger partial charge on any atom is -0.741 e. The van der Waals surface area contributed by atoms with Gasteiger partial charge in [-0.25, -0.2) is 8.42 Å². The van der Waals surface area contributed by atoms with Gasteiger partial charge in [0, 0.05) is 18.6 Å². The predicted octanol–water partition coefficient (Wildman–Crippen LogP) is 4.59. The van der Waals surface area contributed by atoms with Crippen molar-refractivity contribution >= 4 is 24.2 Å². The average molecular weight is 440 g/mol. The van der Waals surface area contributed by atoms with E-state index in [9.17, 15) is 13.2 Å². The van der Waals surface area contributed by atoms with E-state index in [1.165, 1.54) is 0 Å². The molecule has 0 aromatic carbocycles. The van der Waals surface area contributed by atoms with Gasteiger partial charge in [-0.15, -0.1) is 6.58 Å². The lowest BCUT2D eigenvalue weighted by molar-refractivity contribution is -0.698. The van der Waals surface area contributed by atoms with Crippen LogP contribution in [-0.4, -0.2) is 26.8 Å². The molecule has 0 N–H and O–H groups in total. The van der Waals surface area contributed by atoms with Crippen LogP contribution in [0.1, 0.15) is 32.9 Å². The normalized spacial score (nSPS) is 12.6. The van der Waals surface area contributed by atoms with Crippen LogP contribution >= 0.6 is 0 Å². The van der Waals surface area contributed by atoms with E-state index in [0.717, 1.165) is 24.4 Å². The van der Waals surface area contributed by atoms with Crippen molar-refractivity contribution in [1.82, 2.24) is 0 Å². The SMILES string of the molecule is C=CCC[n+]1ccccc1C(=C)O[Si](C)(C)C(C)(C)C.O=S(=O)([O-])C(F)(F)F. The van der Waals surface area contributed by atoms with E-state index in [1.54, 1.807) is 0 Å². The van der Waals surface area contributed by atoms with Crippen molar-refractivity contribution in [3.05, 3.63) is 49.3 Å². The van der Waals surface area contributed by atoms with Gasteiger partial charge in [-0.2, -0.15) is 17.7 Å². The number of aromatic nitrogens is 1. The van der Waals surface area contributed by atoms with E-state index >= 15 is 0 Å². The molecule has 0 aliphatic carbocycles. The van der Waals surface area contributed by atoms with E-state index in [4.69, 9.17) is 17.4 Å². The smallest absolute Gasteiger partial charge is 0.485 e. The first kappa shape index (κ1) is 26.3. The largest absolute Gasteiger partial charge is 0.741 e. The van der Waals surface area contributed by atoms with Crippen molar-refractivity contribution in [1.29, 1.82) is 0 Å². The molecule has 0 atom stereocenters. The lowest BCUT2D eigenvalue weighted by atomic mass is 10.2. The van der Waals surface area contributed by atoms with E-state index < -0.39 is 23.9 Å². The van der Waals surface area contributed by atoms with Gasteiger partial charge < -0.3 is 8.98 Å². The highest BCUT2D eigenvalue weighted by Gasteiger charge is 2.40. The van der Waals surface area contributed by atoms with Gasteiger partial charge in [-0.3, -0.25) is 0 Å². The van der Waals surface area contributed by atoms with Gasteiger partial charge in [-0.05, 0) is 24.2 Å². The summed E-state index contributed by atoms with van der Waals surface area (Å²) in [4.78, 5) is 0. The van der Waals surface area contributed by atoms with Gasteiger partial charge in [0.1, 0.15) is 0 Å². The van der Waals surface area contributed by atoms with Gasteiger partial charge in [0.05, 0.1) is 0 Å². The first-order valence-corrected chi connectivity index (χ1v) is 12.8. The molecule has 1 aromatic rings. The molecule has 0 aliphatic heterocycles. The Kier molecular flexibility index (Phi) is 9.13. The number of aryl methyl sites for hydroxylation is 1. The van der Waals surface area contributed by atoms with E-state index in [0.29, 0.717) is 0 Å². The van der Waals surface area contributed by atoms with Gasteiger partial charge in [0.2, 0.25) is 5.69 Å². The number of hydrogen-bond acceptors (Lipinski definition) is 4. The lowest BCUT2D eigenvalue weighted by Gasteiger charge is -2.36. The van der Waals surface area contributed by atoms with Gasteiger partial charge in [0.15, 0.2) is 28.6 Å². The third-order valence-corrected chi connectivity index (χ3v) is 9.20. The van der Waals surface area contributed by atoms with Crippen molar-refractivity contribution in [2.24, 2.45) is 0 Å². The molecule has 10 heteroatoms. The summed E-state index contributed by atoms with van der Waals surface area (Å²) in [5, 5.41) is 0.177. The van der Waals surface area contributed by atoms with Crippen molar-refractivity contribution in [2.45, 2.75) is 57.4 Å². The molecule has 0 amide bonds. The highest BCUT2D eigenvalue weighted by molar-refractivity contribution is 7.86. The predicted molar refractivity (Wildman–Crippen MR) is 105 cm³/mol. The van der Waals surface area contributed by atoms with Crippen LogP contribution in [0.3, 0.4) is 0 Å². The standard InChI is InChI=1S/C17H28NOSi.CHF3O3S/c1-8-9-13-18-14-11-10-12-16(18)15(2)19-20(6,7)17(3,4)5;2-1(3,4)8(5,6)7/h8,10-12,14H,1-2,9,13H2,3-7H3;(H,5,6,7)/q+1;/p-1. The zero-order chi connectivity index (χ0) is 22.4. The molecule has 28 heavy (non-hydrogen) atoms. The zero-order valence-corrected chi connectivity index (χ0v) is 18.7. The number of rotatable bonds is 6. The molecule has 0 bridgehead atoms. The second-order valence-corrected chi connectivity index (χ2v) is 13.6. The Labute approximate surface area is 166 Å². The Hall–Kier alpha value is -1.65. The fourth-order valence-corrected chi connectivity index (χ4v) is 2.69. The maximum Gasteiger partial charge on any atom is 0.485 e. The number of halogens is 3. The summed E-state index contributed by atoms with van der Waals surface area (Å²) in [5.41, 5.74) is -4.59. The second-order valence-electron chi connectivity index (χ2n) is 7.54. The van der Waals surface area contributed by atoms with E-state index in [2.05, 4.69) is 63.9 Å². The third-order valence-electron chi connectivity index (χ3n) is 4.27. The van der Waals surface area contributed by atoms with E-state index in [-0.39, 0.29) is 5.04 Å². The number of nitrogens with zero attached hydrogens (tertiary/aromatic N) is 1. The number of pyridine rings is 1. The molecule has 0 aliphatic rings. The second kappa shape index (κ2) is 9.70. The van der Waals surface area contributed by atoms with Gasteiger partial charge in [-0.1, -0.05) is 33.4 Å². The molecule has 0 fully saturated rings. The Morgan fingerprint density at radius 1 is 1.29 bits per heavy atom. The first-order valence-electron chi connectivity index (χ1n) is 8.44. The van der Waals surface area contributed by atoms with Crippen LogP contribution in [-0.2, 0) is 21.1 Å². The summed E-state index contributed by atoms with van der Waals surface area (Å²) in [6.45, 7) is 20.1. The monoisotopic (exact) mass is 439 g/mol. The van der Waals surface area contributed by atoms with Crippen LogP contribution in [0.15, 0.2) is 43.6 Å². The van der Waals surface area contributed by atoms with Crippen molar-refractivity contribution in [3.8, 4) is 0 Å². The molecule has 160 valence electrons. The van der Waals surface area contributed by atoms with Gasteiger partial charge >= 0.3 is 5.51 Å². The summed E-state index contributed by atoms with van der Waals surface area (Å²) in [6, 6.07) is 6.13. The molecule has 0 spiro atoms.